The SMILES string of the molecule is CN(C)C(=O)NC(C(N)=NO)C1CC1. The van der Waals surface area contributed by atoms with Crippen LogP contribution in [0.5, 0.6) is 0 Å². The van der Waals surface area contributed by atoms with E-state index in [1.165, 1.54) is 4.90 Å². The number of nitrogens with zero attached hydrogens (tertiary/aromatic N) is 2. The summed E-state index contributed by atoms with van der Waals surface area (Å²) in [5.74, 6) is 0.387. The lowest BCUT2D eigenvalue weighted by Crippen LogP contribution is -2.49. The first-order chi connectivity index (χ1) is 6.56. The van der Waals surface area contributed by atoms with E-state index in [0.717, 1.165) is 12.8 Å². The largest absolute Gasteiger partial charge is 0.409 e. The molecule has 1 fully saturated rings. The second-order valence-electron chi connectivity index (χ2n) is 3.68. The van der Waals surface area contributed by atoms with Crippen LogP contribution < -0.4 is 11.1 Å². The molecule has 1 rings (SSSR count). The van der Waals surface area contributed by atoms with Gasteiger partial charge in [-0.25, -0.2) is 4.79 Å². The number of carbonyl (C=O) groups is 1. The fourth-order valence-electron chi connectivity index (χ4n) is 1.19. The van der Waals surface area contributed by atoms with Crippen molar-refractivity contribution < 1.29 is 10.0 Å². The van der Waals surface area contributed by atoms with Crippen molar-refractivity contribution in [2.24, 2.45) is 16.8 Å². The molecule has 0 aromatic rings. The number of amides is 2. The standard InChI is InChI=1S/C8H16N4O2/c1-12(2)8(13)10-6(5-3-4-5)7(9)11-14/h5-6,14H,3-4H2,1-2H3,(H2,9,11)(H,10,13). The van der Waals surface area contributed by atoms with Crippen molar-refractivity contribution in [3.05, 3.63) is 0 Å². The molecule has 0 spiro atoms. The number of hydrogen-bond donors (Lipinski definition) is 3. The highest BCUT2D eigenvalue weighted by Crippen LogP contribution is 2.32. The molecule has 0 radical (unpaired) electrons. The zero-order valence-electron chi connectivity index (χ0n) is 8.40. The molecule has 0 heterocycles. The lowest BCUT2D eigenvalue weighted by atomic mass is 10.2. The first-order valence-corrected chi connectivity index (χ1v) is 4.51. The molecule has 6 nitrogen and oxygen atoms in total. The monoisotopic (exact) mass is 200 g/mol. The van der Waals surface area contributed by atoms with E-state index in [0.29, 0.717) is 5.92 Å². The topological polar surface area (TPSA) is 91.0 Å². The Balaban J connectivity index is 2.56. The molecule has 1 unspecified atom stereocenters. The van der Waals surface area contributed by atoms with E-state index in [1.807, 2.05) is 0 Å². The van der Waals surface area contributed by atoms with Gasteiger partial charge in [-0.05, 0) is 18.8 Å². The summed E-state index contributed by atoms with van der Waals surface area (Å²) in [6.07, 6.45) is 2.02. The van der Waals surface area contributed by atoms with E-state index in [4.69, 9.17) is 10.9 Å². The number of nitrogens with two attached hydrogens (primary N) is 1. The maximum absolute atomic E-state index is 11.3. The van der Waals surface area contributed by atoms with Crippen LogP contribution in [0, 0.1) is 5.92 Å². The molecule has 0 aromatic carbocycles. The van der Waals surface area contributed by atoms with Crippen molar-refractivity contribution in [1.29, 1.82) is 0 Å². The molecular formula is C8H16N4O2. The van der Waals surface area contributed by atoms with Gasteiger partial charge in [0.2, 0.25) is 0 Å². The van der Waals surface area contributed by atoms with Crippen molar-refractivity contribution in [2.75, 3.05) is 14.1 Å². The van der Waals surface area contributed by atoms with E-state index in [9.17, 15) is 4.79 Å². The van der Waals surface area contributed by atoms with Crippen molar-refractivity contribution in [1.82, 2.24) is 10.2 Å². The van der Waals surface area contributed by atoms with Gasteiger partial charge < -0.3 is 21.2 Å². The van der Waals surface area contributed by atoms with E-state index >= 15 is 0 Å². The minimum atomic E-state index is -0.338. The Morgan fingerprint density at radius 2 is 2.21 bits per heavy atom. The Hall–Kier alpha value is -1.46. The lowest BCUT2D eigenvalue weighted by Gasteiger charge is -2.19. The van der Waals surface area contributed by atoms with Crippen LogP contribution in [0.15, 0.2) is 5.16 Å². The molecule has 0 aliphatic heterocycles. The van der Waals surface area contributed by atoms with Crippen molar-refractivity contribution >= 4 is 11.9 Å². The highest BCUT2D eigenvalue weighted by atomic mass is 16.4. The zero-order valence-corrected chi connectivity index (χ0v) is 8.40. The summed E-state index contributed by atoms with van der Waals surface area (Å²) >= 11 is 0. The molecule has 0 saturated heterocycles. The third-order valence-corrected chi connectivity index (χ3v) is 2.21. The third kappa shape index (κ3) is 2.51. The van der Waals surface area contributed by atoms with Gasteiger partial charge in [-0.2, -0.15) is 0 Å². The second kappa shape index (κ2) is 4.17. The smallest absolute Gasteiger partial charge is 0.317 e. The van der Waals surface area contributed by atoms with Gasteiger partial charge in [-0.1, -0.05) is 5.16 Å². The van der Waals surface area contributed by atoms with Gasteiger partial charge in [-0.15, -0.1) is 0 Å². The number of hydrogen-bond acceptors (Lipinski definition) is 3. The summed E-state index contributed by atoms with van der Waals surface area (Å²) in [5, 5.41) is 14.2. The average molecular weight is 200 g/mol. The van der Waals surface area contributed by atoms with Crippen LogP contribution in [0.3, 0.4) is 0 Å². The Bertz CT molecular complexity index is 248. The fourth-order valence-corrected chi connectivity index (χ4v) is 1.19. The Morgan fingerprint density at radius 1 is 1.64 bits per heavy atom. The van der Waals surface area contributed by atoms with Gasteiger partial charge in [-0.3, -0.25) is 0 Å². The molecule has 1 aliphatic rings. The second-order valence-corrected chi connectivity index (χ2v) is 3.68. The number of amidine groups is 1. The minimum Gasteiger partial charge on any atom is -0.409 e. The minimum absolute atomic E-state index is 0.0719. The van der Waals surface area contributed by atoms with Crippen molar-refractivity contribution in [3.63, 3.8) is 0 Å². The molecule has 1 atom stereocenters. The molecule has 14 heavy (non-hydrogen) atoms. The lowest BCUT2D eigenvalue weighted by molar-refractivity contribution is 0.214. The van der Waals surface area contributed by atoms with E-state index in [2.05, 4.69) is 10.5 Å². The molecule has 1 saturated carbocycles. The summed E-state index contributed by atoms with van der Waals surface area (Å²) in [6, 6.07) is -0.566. The van der Waals surface area contributed by atoms with Gasteiger partial charge >= 0.3 is 6.03 Å². The molecule has 0 bridgehead atoms. The maximum atomic E-state index is 11.3. The molecule has 80 valence electrons. The molecule has 1 aliphatic carbocycles. The Kier molecular flexibility index (Phi) is 3.16. The summed E-state index contributed by atoms with van der Waals surface area (Å²) in [7, 11) is 3.29. The zero-order chi connectivity index (χ0) is 10.7. The average Bonchev–Trinajstić information content (AvgIpc) is 2.95. The fraction of sp³-hybridized carbons (Fsp3) is 0.750. The van der Waals surface area contributed by atoms with Crippen LogP contribution in [0.4, 0.5) is 4.79 Å². The van der Waals surface area contributed by atoms with Crippen molar-refractivity contribution in [3.8, 4) is 0 Å². The maximum Gasteiger partial charge on any atom is 0.317 e. The predicted octanol–water partition coefficient (Wildman–Crippen LogP) is -0.217. The van der Waals surface area contributed by atoms with Gasteiger partial charge in [0.1, 0.15) is 0 Å². The number of urea groups is 1. The highest BCUT2D eigenvalue weighted by Gasteiger charge is 2.35. The molecule has 0 aromatic heterocycles. The van der Waals surface area contributed by atoms with Crippen LogP contribution in [0.1, 0.15) is 12.8 Å². The molecule has 2 amide bonds. The third-order valence-electron chi connectivity index (χ3n) is 2.21. The molecular weight excluding hydrogens is 184 g/mol. The quantitative estimate of drug-likeness (QED) is 0.254. The first-order valence-electron chi connectivity index (χ1n) is 4.51. The number of rotatable bonds is 3. The van der Waals surface area contributed by atoms with Crippen molar-refractivity contribution in [2.45, 2.75) is 18.9 Å². The molecule has 4 N–H and O–H groups in total. The van der Waals surface area contributed by atoms with E-state index in [-0.39, 0.29) is 17.9 Å². The molecule has 6 heteroatoms. The van der Waals surface area contributed by atoms with E-state index < -0.39 is 0 Å². The van der Waals surface area contributed by atoms with Gasteiger partial charge in [0, 0.05) is 14.1 Å². The summed E-state index contributed by atoms with van der Waals surface area (Å²) in [6.45, 7) is 0. The number of oxime groups is 1. The van der Waals surface area contributed by atoms with Gasteiger partial charge in [0.25, 0.3) is 0 Å². The predicted molar refractivity (Wildman–Crippen MR) is 52.1 cm³/mol. The van der Waals surface area contributed by atoms with Gasteiger partial charge in [0.05, 0.1) is 6.04 Å². The van der Waals surface area contributed by atoms with E-state index in [1.54, 1.807) is 14.1 Å². The normalized spacial score (nSPS) is 18.9. The van der Waals surface area contributed by atoms with Gasteiger partial charge in [0.15, 0.2) is 5.84 Å². The summed E-state index contributed by atoms with van der Waals surface area (Å²) < 4.78 is 0. The Morgan fingerprint density at radius 3 is 2.57 bits per heavy atom. The van der Waals surface area contributed by atoms with Crippen LogP contribution in [-0.4, -0.2) is 42.1 Å². The highest BCUT2D eigenvalue weighted by molar-refractivity contribution is 5.89. The summed E-state index contributed by atoms with van der Waals surface area (Å²) in [4.78, 5) is 12.7. The van der Waals surface area contributed by atoms with Crippen LogP contribution in [0.2, 0.25) is 0 Å². The van der Waals surface area contributed by atoms with Crippen LogP contribution in [0.25, 0.3) is 0 Å². The van der Waals surface area contributed by atoms with Crippen LogP contribution in [-0.2, 0) is 0 Å². The number of carbonyl (C=O) groups excluding carboxylic acids is 1. The number of nitrogens with one attached hydrogen (secondary N) is 1. The first kappa shape index (κ1) is 10.6. The Labute approximate surface area is 82.7 Å². The van der Waals surface area contributed by atoms with Crippen LogP contribution >= 0.6 is 0 Å². The summed E-state index contributed by atoms with van der Waals surface area (Å²) in [5.41, 5.74) is 5.47.